The second kappa shape index (κ2) is 3.20. The third-order valence-electron chi connectivity index (χ3n) is 1.92. The van der Waals surface area contributed by atoms with E-state index in [4.69, 9.17) is 5.73 Å². The molecule has 0 saturated carbocycles. The maximum absolute atomic E-state index is 11.7. The second-order valence-corrected chi connectivity index (χ2v) is 2.74. The van der Waals surface area contributed by atoms with E-state index >= 15 is 0 Å². The lowest BCUT2D eigenvalue weighted by atomic mass is 10.3. The molecule has 0 aromatic carbocycles. The number of carbonyl (C=O) groups is 1. The minimum absolute atomic E-state index is 0.267. The molecule has 0 radical (unpaired) electrons. The molecule has 1 aliphatic rings. The van der Waals surface area contributed by atoms with Crippen LogP contribution in [-0.2, 0) is 0 Å². The van der Waals surface area contributed by atoms with Crippen LogP contribution in [0.5, 0.6) is 0 Å². The zero-order chi connectivity index (χ0) is 10.1. The van der Waals surface area contributed by atoms with E-state index in [-0.39, 0.29) is 11.6 Å². The molecule has 1 unspecified atom stereocenters. The second-order valence-electron chi connectivity index (χ2n) is 2.74. The van der Waals surface area contributed by atoms with Gasteiger partial charge in [-0.25, -0.2) is 20.4 Å². The van der Waals surface area contributed by atoms with Gasteiger partial charge in [0.25, 0.3) is 5.91 Å². The molecule has 1 aromatic heterocycles. The van der Waals surface area contributed by atoms with Crippen LogP contribution in [0.1, 0.15) is 10.5 Å². The number of amides is 1. The highest BCUT2D eigenvalue weighted by atomic mass is 16.2. The van der Waals surface area contributed by atoms with Crippen LogP contribution in [0.3, 0.4) is 0 Å². The lowest BCUT2D eigenvalue weighted by Gasteiger charge is -2.32. The van der Waals surface area contributed by atoms with Gasteiger partial charge in [-0.15, -0.1) is 0 Å². The molecule has 1 amide bonds. The standard InChI is InChI=1S/C7H10N6O/c1-9-13-6(14)4-5(12-7(13)8)11-3-2-10-4/h2-3,7,9H,8H2,1H3,(H,11,12). The molecule has 0 bridgehead atoms. The van der Waals surface area contributed by atoms with Gasteiger partial charge in [-0.05, 0) is 0 Å². The van der Waals surface area contributed by atoms with E-state index < -0.39 is 6.29 Å². The van der Waals surface area contributed by atoms with E-state index in [0.717, 1.165) is 0 Å². The van der Waals surface area contributed by atoms with Gasteiger partial charge in [0.2, 0.25) is 0 Å². The SMILES string of the molecule is CNN1C(=O)c2nccnc2NC1N. The van der Waals surface area contributed by atoms with E-state index in [1.54, 1.807) is 7.05 Å². The smallest absolute Gasteiger partial charge is 0.293 e. The van der Waals surface area contributed by atoms with Crippen LogP contribution in [0, 0.1) is 0 Å². The van der Waals surface area contributed by atoms with Gasteiger partial charge in [-0.2, -0.15) is 0 Å². The predicted octanol–water partition coefficient (Wildman–Crippen LogP) is -1.28. The van der Waals surface area contributed by atoms with Crippen molar-refractivity contribution in [3.05, 3.63) is 18.1 Å². The minimum atomic E-state index is -0.628. The van der Waals surface area contributed by atoms with Crippen LogP contribution in [0.2, 0.25) is 0 Å². The fraction of sp³-hybridized carbons (Fsp3) is 0.286. The fourth-order valence-electron chi connectivity index (χ4n) is 1.29. The molecule has 0 fully saturated rings. The topological polar surface area (TPSA) is 96.2 Å². The Kier molecular flexibility index (Phi) is 2.02. The van der Waals surface area contributed by atoms with E-state index in [9.17, 15) is 4.79 Å². The van der Waals surface area contributed by atoms with Crippen LogP contribution in [0.4, 0.5) is 5.82 Å². The van der Waals surface area contributed by atoms with Gasteiger partial charge in [0.15, 0.2) is 17.8 Å². The Bertz CT molecular complexity index is 367. The summed E-state index contributed by atoms with van der Waals surface area (Å²) in [4.78, 5) is 19.6. The summed E-state index contributed by atoms with van der Waals surface area (Å²) in [6.07, 6.45) is 2.33. The Morgan fingerprint density at radius 3 is 3.00 bits per heavy atom. The Balaban J connectivity index is 2.43. The van der Waals surface area contributed by atoms with Crippen LogP contribution >= 0.6 is 0 Å². The normalized spacial score (nSPS) is 20.3. The monoisotopic (exact) mass is 194 g/mol. The first-order chi connectivity index (χ1) is 6.74. The molecule has 0 saturated heterocycles. The largest absolute Gasteiger partial charge is 0.335 e. The fourth-order valence-corrected chi connectivity index (χ4v) is 1.29. The van der Waals surface area contributed by atoms with Crippen molar-refractivity contribution in [2.75, 3.05) is 12.4 Å². The van der Waals surface area contributed by atoms with E-state index in [0.29, 0.717) is 5.82 Å². The summed E-state index contributed by atoms with van der Waals surface area (Å²) in [5.74, 6) is 0.123. The predicted molar refractivity (Wildman–Crippen MR) is 48.9 cm³/mol. The molecule has 74 valence electrons. The van der Waals surface area contributed by atoms with Gasteiger partial charge in [0, 0.05) is 19.4 Å². The first kappa shape index (κ1) is 8.85. The zero-order valence-electron chi connectivity index (χ0n) is 7.56. The molecular formula is C7H10N6O. The number of fused-ring (bicyclic) bond motifs is 1. The Hall–Kier alpha value is -1.73. The highest BCUT2D eigenvalue weighted by Gasteiger charge is 2.30. The maximum Gasteiger partial charge on any atom is 0.293 e. The number of rotatable bonds is 1. The van der Waals surface area contributed by atoms with Gasteiger partial charge < -0.3 is 5.32 Å². The van der Waals surface area contributed by atoms with Crippen LogP contribution in [0.25, 0.3) is 0 Å². The molecule has 7 nitrogen and oxygen atoms in total. The number of hydrogen-bond donors (Lipinski definition) is 3. The van der Waals surface area contributed by atoms with E-state index in [1.165, 1.54) is 17.4 Å². The first-order valence-electron chi connectivity index (χ1n) is 4.08. The summed E-state index contributed by atoms with van der Waals surface area (Å²) in [5, 5.41) is 4.09. The molecule has 4 N–H and O–H groups in total. The quantitative estimate of drug-likeness (QED) is 0.515. The average Bonchev–Trinajstić information content (AvgIpc) is 2.18. The van der Waals surface area contributed by atoms with Gasteiger partial charge in [-0.3, -0.25) is 10.5 Å². The number of nitrogens with zero attached hydrogens (tertiary/aromatic N) is 3. The maximum atomic E-state index is 11.7. The summed E-state index contributed by atoms with van der Waals surface area (Å²) in [6.45, 7) is 0. The number of hydrazine groups is 1. The van der Waals surface area contributed by atoms with E-state index in [2.05, 4.69) is 20.7 Å². The molecule has 0 spiro atoms. The van der Waals surface area contributed by atoms with Crippen LogP contribution in [-0.4, -0.2) is 34.2 Å². The average molecular weight is 194 g/mol. The van der Waals surface area contributed by atoms with Crippen molar-refractivity contribution in [2.24, 2.45) is 5.73 Å². The Labute approximate surface area is 80.3 Å². The van der Waals surface area contributed by atoms with Crippen molar-refractivity contribution >= 4 is 11.7 Å². The van der Waals surface area contributed by atoms with Crippen molar-refractivity contribution in [1.82, 2.24) is 20.4 Å². The molecule has 1 aromatic rings. The number of hydrogen-bond acceptors (Lipinski definition) is 6. The third kappa shape index (κ3) is 1.19. The Morgan fingerprint density at radius 2 is 2.29 bits per heavy atom. The van der Waals surface area contributed by atoms with Crippen LogP contribution in [0.15, 0.2) is 12.4 Å². The number of carbonyl (C=O) groups excluding carboxylic acids is 1. The summed E-state index contributed by atoms with van der Waals surface area (Å²) >= 11 is 0. The molecule has 0 aliphatic carbocycles. The van der Waals surface area contributed by atoms with Crippen molar-refractivity contribution in [1.29, 1.82) is 0 Å². The minimum Gasteiger partial charge on any atom is -0.335 e. The Morgan fingerprint density at radius 1 is 1.57 bits per heavy atom. The molecule has 2 heterocycles. The number of aromatic nitrogens is 2. The zero-order valence-corrected chi connectivity index (χ0v) is 7.56. The van der Waals surface area contributed by atoms with Gasteiger partial charge in [0.05, 0.1) is 0 Å². The highest BCUT2D eigenvalue weighted by Crippen LogP contribution is 2.16. The molecule has 1 aliphatic heterocycles. The lowest BCUT2D eigenvalue weighted by molar-refractivity contribution is 0.0583. The van der Waals surface area contributed by atoms with Gasteiger partial charge >= 0.3 is 0 Å². The van der Waals surface area contributed by atoms with Crippen molar-refractivity contribution in [3.63, 3.8) is 0 Å². The molecular weight excluding hydrogens is 184 g/mol. The highest BCUT2D eigenvalue weighted by molar-refractivity contribution is 5.98. The van der Waals surface area contributed by atoms with Gasteiger partial charge in [-0.1, -0.05) is 0 Å². The summed E-state index contributed by atoms with van der Waals surface area (Å²) < 4.78 is 0. The third-order valence-corrected chi connectivity index (χ3v) is 1.92. The molecule has 2 rings (SSSR count). The lowest BCUT2D eigenvalue weighted by Crippen LogP contribution is -2.59. The number of nitrogens with one attached hydrogen (secondary N) is 2. The van der Waals surface area contributed by atoms with E-state index in [1.807, 2.05) is 0 Å². The van der Waals surface area contributed by atoms with Crippen molar-refractivity contribution in [3.8, 4) is 0 Å². The summed E-state index contributed by atoms with van der Waals surface area (Å²) in [6, 6.07) is 0. The molecule has 7 heteroatoms. The van der Waals surface area contributed by atoms with Crippen molar-refractivity contribution in [2.45, 2.75) is 6.29 Å². The van der Waals surface area contributed by atoms with Crippen molar-refractivity contribution < 1.29 is 4.79 Å². The number of nitrogens with two attached hydrogens (primary N) is 1. The van der Waals surface area contributed by atoms with Crippen LogP contribution < -0.4 is 16.5 Å². The van der Waals surface area contributed by atoms with Gasteiger partial charge in [0.1, 0.15) is 0 Å². The number of anilines is 1. The molecule has 14 heavy (non-hydrogen) atoms. The first-order valence-corrected chi connectivity index (χ1v) is 4.08. The molecule has 1 atom stereocenters. The summed E-state index contributed by atoms with van der Waals surface area (Å²) in [7, 11) is 1.61. The summed E-state index contributed by atoms with van der Waals surface area (Å²) in [5.41, 5.74) is 8.60.